The Morgan fingerprint density at radius 1 is 1.31 bits per heavy atom. The van der Waals surface area contributed by atoms with Crippen LogP contribution in [0.5, 0.6) is 0 Å². The first-order valence-electron chi connectivity index (χ1n) is 5.62. The number of rotatable bonds is 0. The van der Waals surface area contributed by atoms with Crippen LogP contribution in [-0.2, 0) is 0 Å². The van der Waals surface area contributed by atoms with Gasteiger partial charge in [0.2, 0.25) is 0 Å². The van der Waals surface area contributed by atoms with Crippen LogP contribution >= 0.6 is 27.5 Å². The second-order valence-electron chi connectivity index (χ2n) is 3.68. The van der Waals surface area contributed by atoms with E-state index in [-0.39, 0.29) is 5.82 Å². The van der Waals surface area contributed by atoms with E-state index in [0.29, 0.717) is 15.1 Å². The fraction of sp³-hybridized carbons (Fsp3) is 0.538. The third-order valence-corrected chi connectivity index (χ3v) is 3.15. The van der Waals surface area contributed by atoms with Crippen LogP contribution in [0.25, 0.3) is 0 Å². The summed E-state index contributed by atoms with van der Waals surface area (Å²) in [6, 6.07) is 2.96. The van der Waals surface area contributed by atoms with Gasteiger partial charge in [-0.05, 0) is 30.5 Å². The molecule has 1 aliphatic rings. The SMILES string of the molecule is CC.CC1CC1.Cc1c(F)cc(Cl)cc1Br. The van der Waals surface area contributed by atoms with E-state index >= 15 is 0 Å². The van der Waals surface area contributed by atoms with Gasteiger partial charge in [0, 0.05) is 9.50 Å². The quantitative estimate of drug-likeness (QED) is 0.552. The lowest BCUT2D eigenvalue weighted by atomic mass is 10.2. The van der Waals surface area contributed by atoms with Crippen LogP contribution in [-0.4, -0.2) is 0 Å². The van der Waals surface area contributed by atoms with Gasteiger partial charge in [0.1, 0.15) is 5.82 Å². The van der Waals surface area contributed by atoms with E-state index in [2.05, 4.69) is 22.9 Å². The largest absolute Gasteiger partial charge is 0.207 e. The Hall–Kier alpha value is -0.0800. The maximum atomic E-state index is 12.7. The molecule has 1 saturated carbocycles. The summed E-state index contributed by atoms with van der Waals surface area (Å²) in [5, 5.41) is 0.412. The Morgan fingerprint density at radius 2 is 1.75 bits per heavy atom. The van der Waals surface area contributed by atoms with E-state index in [0.717, 1.165) is 5.92 Å². The standard InChI is InChI=1S/C7H5BrClF.C4H8.C2H6/c1-4-6(8)2-5(9)3-7(4)10;1-4-2-3-4;1-2/h2-3H,1H3;4H,2-3H2,1H3;1-2H3. The highest BCUT2D eigenvalue weighted by Gasteiger charge is 2.12. The van der Waals surface area contributed by atoms with Crippen LogP contribution in [0.2, 0.25) is 5.02 Å². The highest BCUT2D eigenvalue weighted by atomic mass is 79.9. The Morgan fingerprint density at radius 3 is 2.06 bits per heavy atom. The maximum absolute atomic E-state index is 12.7. The molecule has 0 nitrogen and oxygen atoms in total. The van der Waals surface area contributed by atoms with E-state index < -0.39 is 0 Å². The van der Waals surface area contributed by atoms with Gasteiger partial charge >= 0.3 is 0 Å². The van der Waals surface area contributed by atoms with Gasteiger partial charge in [0.05, 0.1) is 0 Å². The second kappa shape index (κ2) is 8.08. The van der Waals surface area contributed by atoms with Gasteiger partial charge in [-0.15, -0.1) is 0 Å². The monoisotopic (exact) mass is 308 g/mol. The van der Waals surface area contributed by atoms with E-state index in [1.807, 2.05) is 13.8 Å². The molecule has 1 aromatic rings. The Kier molecular flexibility index (Phi) is 8.04. The first-order chi connectivity index (χ1) is 7.50. The number of hydrogen-bond donors (Lipinski definition) is 0. The van der Waals surface area contributed by atoms with Gasteiger partial charge in [0.15, 0.2) is 0 Å². The van der Waals surface area contributed by atoms with Crippen molar-refractivity contribution in [1.29, 1.82) is 0 Å². The predicted molar refractivity (Wildman–Crippen MR) is 73.6 cm³/mol. The highest BCUT2D eigenvalue weighted by molar-refractivity contribution is 9.10. The van der Waals surface area contributed by atoms with Crippen molar-refractivity contribution in [2.24, 2.45) is 5.92 Å². The smallest absolute Gasteiger partial charge is 0.128 e. The highest BCUT2D eigenvalue weighted by Crippen LogP contribution is 2.26. The van der Waals surface area contributed by atoms with Crippen molar-refractivity contribution in [2.75, 3.05) is 0 Å². The van der Waals surface area contributed by atoms with E-state index in [9.17, 15) is 4.39 Å². The summed E-state index contributed by atoms with van der Waals surface area (Å²) >= 11 is 8.72. The Labute approximate surface area is 111 Å². The zero-order valence-corrected chi connectivity index (χ0v) is 12.6. The van der Waals surface area contributed by atoms with Crippen LogP contribution in [0.4, 0.5) is 4.39 Å². The van der Waals surface area contributed by atoms with Gasteiger partial charge in [-0.3, -0.25) is 0 Å². The van der Waals surface area contributed by atoms with Crippen molar-refractivity contribution in [3.63, 3.8) is 0 Å². The molecule has 92 valence electrons. The summed E-state index contributed by atoms with van der Waals surface area (Å²) in [5.41, 5.74) is 0.587. The fourth-order valence-electron chi connectivity index (χ4n) is 0.781. The zero-order chi connectivity index (χ0) is 12.7. The molecule has 0 saturated heterocycles. The van der Waals surface area contributed by atoms with Gasteiger partial charge in [-0.2, -0.15) is 0 Å². The van der Waals surface area contributed by atoms with Gasteiger partial charge in [0.25, 0.3) is 0 Å². The minimum Gasteiger partial charge on any atom is -0.207 e. The molecule has 0 amide bonds. The number of halogens is 3. The van der Waals surface area contributed by atoms with Crippen molar-refractivity contribution in [3.05, 3.63) is 33.0 Å². The fourth-order valence-corrected chi connectivity index (χ4v) is 1.55. The Bertz CT molecular complexity index is 299. The molecule has 16 heavy (non-hydrogen) atoms. The molecule has 0 aromatic heterocycles. The number of hydrogen-bond acceptors (Lipinski definition) is 0. The lowest BCUT2D eigenvalue weighted by molar-refractivity contribution is 0.617. The second-order valence-corrected chi connectivity index (χ2v) is 4.97. The average molecular weight is 310 g/mol. The predicted octanol–water partition coefficient (Wildman–Crippen LogP) is 5.99. The molecule has 0 atom stereocenters. The summed E-state index contributed by atoms with van der Waals surface area (Å²) < 4.78 is 13.4. The molecule has 1 aliphatic carbocycles. The van der Waals surface area contributed by atoms with Crippen LogP contribution in [0.1, 0.15) is 39.2 Å². The molecule has 0 aliphatic heterocycles. The number of benzene rings is 1. The molecule has 0 bridgehead atoms. The zero-order valence-electron chi connectivity index (χ0n) is 10.3. The minimum absolute atomic E-state index is 0.278. The average Bonchev–Trinajstić information content (AvgIpc) is 3.01. The van der Waals surface area contributed by atoms with Crippen LogP contribution in [0.15, 0.2) is 16.6 Å². The first-order valence-corrected chi connectivity index (χ1v) is 6.79. The van der Waals surface area contributed by atoms with Crippen molar-refractivity contribution < 1.29 is 4.39 Å². The molecule has 2 rings (SSSR count). The molecule has 1 fully saturated rings. The molecule has 0 spiro atoms. The van der Waals surface area contributed by atoms with E-state index in [1.54, 1.807) is 13.0 Å². The van der Waals surface area contributed by atoms with Crippen molar-refractivity contribution in [1.82, 2.24) is 0 Å². The minimum atomic E-state index is -0.278. The summed E-state index contributed by atoms with van der Waals surface area (Å²) in [6.45, 7) is 7.97. The summed E-state index contributed by atoms with van der Waals surface area (Å²) in [4.78, 5) is 0. The Balaban J connectivity index is 0.000000311. The van der Waals surface area contributed by atoms with Crippen molar-refractivity contribution in [3.8, 4) is 0 Å². The van der Waals surface area contributed by atoms with Gasteiger partial charge < -0.3 is 0 Å². The lowest BCUT2D eigenvalue weighted by Gasteiger charge is -1.98. The molecule has 0 radical (unpaired) electrons. The van der Waals surface area contributed by atoms with Crippen molar-refractivity contribution in [2.45, 2.75) is 40.5 Å². The van der Waals surface area contributed by atoms with Crippen LogP contribution in [0.3, 0.4) is 0 Å². The molecule has 3 heteroatoms. The molecule has 0 unspecified atom stereocenters. The molecule has 0 heterocycles. The molecular weight excluding hydrogens is 290 g/mol. The maximum Gasteiger partial charge on any atom is 0.128 e. The molecule has 1 aromatic carbocycles. The van der Waals surface area contributed by atoms with Crippen LogP contribution < -0.4 is 0 Å². The summed E-state index contributed by atoms with van der Waals surface area (Å²) in [7, 11) is 0. The van der Waals surface area contributed by atoms with E-state index in [1.165, 1.54) is 18.9 Å². The molecular formula is C13H19BrClF. The van der Waals surface area contributed by atoms with Gasteiger partial charge in [-0.1, -0.05) is 61.1 Å². The molecule has 0 N–H and O–H groups in total. The third kappa shape index (κ3) is 6.49. The van der Waals surface area contributed by atoms with Crippen molar-refractivity contribution >= 4 is 27.5 Å². The van der Waals surface area contributed by atoms with Crippen LogP contribution in [0, 0.1) is 18.7 Å². The summed E-state index contributed by atoms with van der Waals surface area (Å²) in [5.74, 6) is 0.805. The normalized spacial score (nSPS) is 13.2. The lowest BCUT2D eigenvalue weighted by Crippen LogP contribution is -1.82. The topological polar surface area (TPSA) is 0 Å². The first kappa shape index (κ1) is 15.9. The summed E-state index contributed by atoms with van der Waals surface area (Å²) in [6.07, 6.45) is 2.97. The van der Waals surface area contributed by atoms with Gasteiger partial charge in [-0.25, -0.2) is 4.39 Å². The van der Waals surface area contributed by atoms with E-state index in [4.69, 9.17) is 11.6 Å². The third-order valence-electron chi connectivity index (χ3n) is 2.11.